The van der Waals surface area contributed by atoms with Crippen molar-refractivity contribution in [2.45, 2.75) is 19.9 Å². The van der Waals surface area contributed by atoms with E-state index in [0.29, 0.717) is 0 Å². The molecule has 0 saturated carbocycles. The first-order valence-corrected chi connectivity index (χ1v) is 12.6. The maximum atomic E-state index is 5.06. The highest BCUT2D eigenvalue weighted by atomic mass is 14.9. The third kappa shape index (κ3) is 3.37. The average molecular weight is 463 g/mol. The van der Waals surface area contributed by atoms with Crippen LogP contribution >= 0.6 is 0 Å². The van der Waals surface area contributed by atoms with Gasteiger partial charge in [-0.05, 0) is 75.9 Å². The van der Waals surface area contributed by atoms with Crippen LogP contribution in [-0.2, 0) is 0 Å². The van der Waals surface area contributed by atoms with Gasteiger partial charge in [0.2, 0.25) is 0 Å². The van der Waals surface area contributed by atoms with Crippen molar-refractivity contribution in [3.05, 3.63) is 126 Å². The Bertz CT molecular complexity index is 1840. The van der Waals surface area contributed by atoms with Gasteiger partial charge < -0.3 is 5.32 Å². The molecule has 0 bridgehead atoms. The zero-order valence-electron chi connectivity index (χ0n) is 20.4. The van der Waals surface area contributed by atoms with E-state index in [2.05, 4.69) is 128 Å². The van der Waals surface area contributed by atoms with Gasteiger partial charge in [-0.1, -0.05) is 91.0 Å². The summed E-state index contributed by atoms with van der Waals surface area (Å²) in [6, 6.07) is 37.5. The quantitative estimate of drug-likeness (QED) is 0.278. The number of hydrogen-bond donors (Lipinski definition) is 1. The number of rotatable bonds is 2. The van der Waals surface area contributed by atoms with Gasteiger partial charge in [-0.2, -0.15) is 0 Å². The number of benzene rings is 5. The minimum atomic E-state index is 0.205. The van der Waals surface area contributed by atoms with E-state index in [9.17, 15) is 0 Å². The Hall–Kier alpha value is -4.43. The Balaban J connectivity index is 1.43. The molecule has 2 heterocycles. The van der Waals surface area contributed by atoms with Gasteiger partial charge in [0.05, 0.1) is 11.2 Å². The molecule has 0 fully saturated rings. The first-order chi connectivity index (χ1) is 17.6. The van der Waals surface area contributed by atoms with Crippen molar-refractivity contribution in [1.29, 1.82) is 0 Å². The first-order valence-electron chi connectivity index (χ1n) is 12.6. The van der Waals surface area contributed by atoms with Crippen LogP contribution in [0.15, 0.2) is 109 Å². The van der Waals surface area contributed by atoms with Gasteiger partial charge in [-0.15, -0.1) is 0 Å². The molecule has 0 aliphatic carbocycles. The summed E-state index contributed by atoms with van der Waals surface area (Å²) in [5.74, 6) is 0. The summed E-state index contributed by atoms with van der Waals surface area (Å²) in [6.45, 7) is 4.30. The molecule has 172 valence electrons. The van der Waals surface area contributed by atoms with Crippen LogP contribution in [0.2, 0.25) is 0 Å². The van der Waals surface area contributed by atoms with Gasteiger partial charge in [0.15, 0.2) is 0 Å². The molecule has 2 heteroatoms. The van der Waals surface area contributed by atoms with E-state index in [1.54, 1.807) is 0 Å². The van der Waals surface area contributed by atoms with E-state index in [4.69, 9.17) is 4.98 Å². The Morgan fingerprint density at radius 1 is 0.639 bits per heavy atom. The van der Waals surface area contributed by atoms with Gasteiger partial charge in [0, 0.05) is 22.7 Å². The van der Waals surface area contributed by atoms with Crippen LogP contribution in [0.3, 0.4) is 0 Å². The van der Waals surface area contributed by atoms with Gasteiger partial charge in [-0.3, -0.25) is 4.98 Å². The summed E-state index contributed by atoms with van der Waals surface area (Å²) >= 11 is 0. The molecule has 2 nitrogen and oxygen atoms in total. The molecule has 1 unspecified atom stereocenters. The number of pyridine rings is 1. The van der Waals surface area contributed by atoms with Crippen LogP contribution in [0, 0.1) is 6.92 Å². The second kappa shape index (κ2) is 8.07. The topological polar surface area (TPSA) is 24.9 Å². The first kappa shape index (κ1) is 20.9. The summed E-state index contributed by atoms with van der Waals surface area (Å²) in [7, 11) is 0. The molecule has 1 aliphatic heterocycles. The third-order valence-electron chi connectivity index (χ3n) is 7.31. The van der Waals surface area contributed by atoms with E-state index < -0.39 is 0 Å². The minimum absolute atomic E-state index is 0.205. The van der Waals surface area contributed by atoms with Gasteiger partial charge in [0.1, 0.15) is 0 Å². The second-order valence-corrected chi connectivity index (χ2v) is 9.83. The molecule has 6 aromatic rings. The highest BCUT2D eigenvalue weighted by Crippen LogP contribution is 2.41. The molecule has 1 aliphatic rings. The fourth-order valence-electron chi connectivity index (χ4n) is 5.60. The zero-order valence-corrected chi connectivity index (χ0v) is 20.4. The van der Waals surface area contributed by atoms with E-state index in [1.165, 1.54) is 54.8 Å². The lowest BCUT2D eigenvalue weighted by molar-refractivity contribution is 0.987. The number of hydrogen-bond acceptors (Lipinski definition) is 2. The van der Waals surface area contributed by atoms with Crippen molar-refractivity contribution in [3.63, 3.8) is 0 Å². The van der Waals surface area contributed by atoms with Crippen molar-refractivity contribution < 1.29 is 0 Å². The largest absolute Gasteiger partial charge is 0.377 e. The number of nitrogens with one attached hydrogen (secondary N) is 1. The van der Waals surface area contributed by atoms with Crippen LogP contribution < -0.4 is 5.32 Å². The summed E-state index contributed by atoms with van der Waals surface area (Å²) in [5, 5.41) is 9.95. The van der Waals surface area contributed by atoms with Crippen molar-refractivity contribution in [2.75, 3.05) is 5.32 Å². The Labute approximate surface area is 210 Å². The number of aromatic nitrogens is 1. The molecule has 0 spiro atoms. The number of nitrogens with zero attached hydrogens (tertiary/aromatic N) is 1. The molecular weight excluding hydrogens is 436 g/mol. The molecule has 0 radical (unpaired) electrons. The molecule has 0 saturated heterocycles. The Morgan fingerprint density at radius 2 is 1.28 bits per heavy atom. The number of fused-ring (bicyclic) bond motifs is 5. The van der Waals surface area contributed by atoms with Crippen LogP contribution in [0.5, 0.6) is 0 Å². The zero-order chi connectivity index (χ0) is 24.2. The molecule has 5 aromatic carbocycles. The average Bonchev–Trinajstić information content (AvgIpc) is 2.91. The fraction of sp³-hybridized carbons (Fsp3) is 0.0882. The maximum absolute atomic E-state index is 5.06. The highest BCUT2D eigenvalue weighted by molar-refractivity contribution is 6.07. The maximum Gasteiger partial charge on any atom is 0.0949 e. The minimum Gasteiger partial charge on any atom is -0.377 e. The summed E-state index contributed by atoms with van der Waals surface area (Å²) in [4.78, 5) is 5.06. The second-order valence-electron chi connectivity index (χ2n) is 9.83. The molecule has 36 heavy (non-hydrogen) atoms. The predicted molar refractivity (Wildman–Crippen MR) is 154 cm³/mol. The van der Waals surface area contributed by atoms with Crippen molar-refractivity contribution in [3.8, 4) is 11.1 Å². The summed E-state index contributed by atoms with van der Waals surface area (Å²) in [6.07, 6.45) is 2.33. The van der Waals surface area contributed by atoms with E-state index in [-0.39, 0.29) is 6.04 Å². The van der Waals surface area contributed by atoms with Crippen molar-refractivity contribution >= 4 is 43.7 Å². The van der Waals surface area contributed by atoms with E-state index >= 15 is 0 Å². The van der Waals surface area contributed by atoms with E-state index in [1.807, 2.05) is 0 Å². The van der Waals surface area contributed by atoms with Crippen LogP contribution in [-0.4, -0.2) is 11.0 Å². The standard InChI is InChI=1S/C34H26N2/c1-21-17-31(27-13-11-23-7-3-5-9-25(23)19-27)29-15-16-30-32(18-22(2)36-34(30)33(29)35-21)28-14-12-24-8-4-6-10-26(24)20-28/h3-21,35H,1-2H3. The lowest BCUT2D eigenvalue weighted by Crippen LogP contribution is -2.19. The van der Waals surface area contributed by atoms with Gasteiger partial charge in [-0.25, -0.2) is 0 Å². The van der Waals surface area contributed by atoms with Crippen molar-refractivity contribution in [1.82, 2.24) is 4.98 Å². The SMILES string of the molecule is Cc1cc(-c2ccc3ccccc3c2)c2ccc3c(c2n1)NC(C)C=C3c1ccc2ccccc2c1. The summed E-state index contributed by atoms with van der Waals surface area (Å²) in [5.41, 5.74) is 9.34. The van der Waals surface area contributed by atoms with Crippen molar-refractivity contribution in [2.24, 2.45) is 0 Å². The molecule has 7 rings (SSSR count). The molecule has 1 atom stereocenters. The van der Waals surface area contributed by atoms with Gasteiger partial charge >= 0.3 is 0 Å². The van der Waals surface area contributed by atoms with Crippen LogP contribution in [0.25, 0.3) is 49.1 Å². The van der Waals surface area contributed by atoms with Crippen LogP contribution in [0.4, 0.5) is 5.69 Å². The smallest absolute Gasteiger partial charge is 0.0949 e. The Kier molecular flexibility index (Phi) is 4.68. The lowest BCUT2D eigenvalue weighted by atomic mass is 9.88. The van der Waals surface area contributed by atoms with Gasteiger partial charge in [0.25, 0.3) is 0 Å². The molecule has 1 N–H and O–H groups in total. The fourth-order valence-corrected chi connectivity index (χ4v) is 5.60. The molecule has 0 amide bonds. The third-order valence-corrected chi connectivity index (χ3v) is 7.31. The normalized spacial score (nSPS) is 15.1. The number of anilines is 1. The van der Waals surface area contributed by atoms with E-state index in [0.717, 1.165) is 16.9 Å². The number of aryl methyl sites for hydroxylation is 1. The Morgan fingerprint density at radius 3 is 2.00 bits per heavy atom. The lowest BCUT2D eigenvalue weighted by Gasteiger charge is -2.26. The molecule has 1 aromatic heterocycles. The van der Waals surface area contributed by atoms with Crippen LogP contribution in [0.1, 0.15) is 23.7 Å². The molecular formula is C34H26N2. The highest BCUT2D eigenvalue weighted by Gasteiger charge is 2.22. The summed E-state index contributed by atoms with van der Waals surface area (Å²) < 4.78 is 0. The monoisotopic (exact) mass is 462 g/mol. The predicted octanol–water partition coefficient (Wildman–Crippen LogP) is 8.76.